The summed E-state index contributed by atoms with van der Waals surface area (Å²) in [5.41, 5.74) is 7.84. The van der Waals surface area contributed by atoms with Crippen LogP contribution in [0.3, 0.4) is 0 Å². The second kappa shape index (κ2) is 14.3. The SMILES string of the molecule is CCc1cc(Nc2ncc(C)c(Nc3ccc4nccnc4c3N(C)SC)n2)c(OC)cc1N1CCC(N2CCN(C)CC2)CC1. The van der Waals surface area contributed by atoms with Crippen LogP contribution in [0.5, 0.6) is 5.75 Å². The van der Waals surface area contributed by atoms with Crippen molar-refractivity contribution in [2.45, 2.75) is 39.2 Å². The van der Waals surface area contributed by atoms with Crippen LogP contribution in [-0.4, -0.2) is 103 Å². The Morgan fingerprint density at radius 1 is 0.978 bits per heavy atom. The van der Waals surface area contributed by atoms with Crippen molar-refractivity contribution in [1.82, 2.24) is 29.7 Å². The van der Waals surface area contributed by atoms with Gasteiger partial charge in [-0.05, 0) is 57.0 Å². The normalized spacial score (nSPS) is 16.5. The summed E-state index contributed by atoms with van der Waals surface area (Å²) < 4.78 is 8.01. The van der Waals surface area contributed by atoms with E-state index in [1.54, 1.807) is 31.5 Å². The first kappa shape index (κ1) is 32.1. The Balaban J connectivity index is 1.22. The molecule has 4 aromatic rings. The van der Waals surface area contributed by atoms with Gasteiger partial charge in [0.1, 0.15) is 17.1 Å². The lowest BCUT2D eigenvalue weighted by Gasteiger charge is -2.43. The van der Waals surface area contributed by atoms with E-state index in [1.165, 1.54) is 50.3 Å². The summed E-state index contributed by atoms with van der Waals surface area (Å²) in [5, 5.41) is 7.01. The zero-order chi connectivity index (χ0) is 32.2. The second-order valence-corrected chi connectivity index (χ2v) is 13.0. The monoisotopic (exact) mass is 642 g/mol. The highest BCUT2D eigenvalue weighted by Crippen LogP contribution is 2.39. The van der Waals surface area contributed by atoms with E-state index >= 15 is 0 Å². The molecular formula is C34H46N10OS. The number of aromatic nitrogens is 4. The van der Waals surface area contributed by atoms with Crippen LogP contribution in [-0.2, 0) is 6.42 Å². The molecule has 0 unspecified atom stereocenters. The van der Waals surface area contributed by atoms with Crippen molar-refractivity contribution in [3.05, 3.63) is 54.0 Å². The molecule has 0 amide bonds. The number of hydrogen-bond donors (Lipinski definition) is 2. The average Bonchev–Trinajstić information content (AvgIpc) is 3.09. The maximum atomic E-state index is 5.93. The molecule has 0 saturated carbocycles. The first-order chi connectivity index (χ1) is 22.4. The van der Waals surface area contributed by atoms with Crippen LogP contribution in [0.1, 0.15) is 30.9 Å². The molecule has 0 aliphatic carbocycles. The molecule has 0 atom stereocenters. The number of nitrogens with one attached hydrogen (secondary N) is 2. The van der Waals surface area contributed by atoms with Crippen molar-refractivity contribution < 1.29 is 4.74 Å². The minimum Gasteiger partial charge on any atom is -0.494 e. The predicted molar refractivity (Wildman–Crippen MR) is 191 cm³/mol. The molecular weight excluding hydrogens is 597 g/mol. The largest absolute Gasteiger partial charge is 0.494 e. The van der Waals surface area contributed by atoms with Gasteiger partial charge in [0.15, 0.2) is 0 Å². The zero-order valence-electron chi connectivity index (χ0n) is 27.9. The molecule has 2 fully saturated rings. The van der Waals surface area contributed by atoms with E-state index in [9.17, 15) is 0 Å². The van der Waals surface area contributed by atoms with E-state index in [-0.39, 0.29) is 0 Å². The molecule has 0 spiro atoms. The van der Waals surface area contributed by atoms with E-state index in [0.29, 0.717) is 17.8 Å². The average molecular weight is 643 g/mol. The third-order valence-electron chi connectivity index (χ3n) is 9.31. The number of nitrogens with zero attached hydrogens (tertiary/aromatic N) is 8. The fraction of sp³-hybridized carbons (Fsp3) is 0.471. The quantitative estimate of drug-likeness (QED) is 0.207. The molecule has 244 valence electrons. The Morgan fingerprint density at radius 3 is 2.46 bits per heavy atom. The number of piperidine rings is 1. The molecule has 4 heterocycles. The summed E-state index contributed by atoms with van der Waals surface area (Å²) in [4.78, 5) is 26.3. The molecule has 11 nitrogen and oxygen atoms in total. The number of likely N-dealkylation sites (N-methyl/N-ethyl adjacent to an activating group) is 1. The van der Waals surface area contributed by atoms with E-state index in [4.69, 9.17) is 9.72 Å². The minimum atomic E-state index is 0.495. The highest BCUT2D eigenvalue weighted by molar-refractivity contribution is 7.99. The van der Waals surface area contributed by atoms with Crippen molar-refractivity contribution in [2.24, 2.45) is 0 Å². The second-order valence-electron chi connectivity index (χ2n) is 12.1. The van der Waals surface area contributed by atoms with Crippen molar-refractivity contribution >= 4 is 57.5 Å². The van der Waals surface area contributed by atoms with Gasteiger partial charge in [-0.15, -0.1) is 0 Å². The first-order valence-corrected chi connectivity index (χ1v) is 17.3. The van der Waals surface area contributed by atoms with Crippen LogP contribution in [0.4, 0.5) is 34.5 Å². The molecule has 6 rings (SSSR count). The Bertz CT molecular complexity index is 1650. The number of piperazine rings is 1. The van der Waals surface area contributed by atoms with E-state index in [1.807, 2.05) is 38.6 Å². The molecule has 2 aliphatic heterocycles. The number of ether oxygens (including phenoxy) is 1. The molecule has 2 aliphatic rings. The standard InChI is InChI=1S/C34H46N10OS/c1-7-24-20-28(30(45-5)21-29(24)44-14-10-25(11-15-44)43-18-16-41(3)17-19-43)39-34-37-22-23(2)33(40-34)38-27-9-8-26-31(36-13-12-35-26)32(27)42(4)46-6/h8-9,12-13,20-22,25H,7,10-11,14-19H2,1-6H3,(H2,37,38,39,40). The Kier molecular flexibility index (Phi) is 9.95. The fourth-order valence-electron chi connectivity index (χ4n) is 6.53. The third kappa shape index (κ3) is 6.79. The maximum absolute atomic E-state index is 5.93. The number of benzene rings is 2. The Hall–Kier alpha value is -3.87. The lowest BCUT2D eigenvalue weighted by atomic mass is 9.99. The molecule has 46 heavy (non-hydrogen) atoms. The summed E-state index contributed by atoms with van der Waals surface area (Å²) >= 11 is 1.61. The van der Waals surface area contributed by atoms with Crippen molar-refractivity contribution in [2.75, 3.05) is 86.6 Å². The van der Waals surface area contributed by atoms with Crippen molar-refractivity contribution in [1.29, 1.82) is 0 Å². The number of fused-ring (bicyclic) bond motifs is 1. The van der Waals surface area contributed by atoms with Crippen LogP contribution in [0, 0.1) is 6.92 Å². The lowest BCUT2D eigenvalue weighted by molar-refractivity contribution is 0.0982. The van der Waals surface area contributed by atoms with Gasteiger partial charge in [-0.25, -0.2) is 4.98 Å². The smallest absolute Gasteiger partial charge is 0.229 e. The van der Waals surface area contributed by atoms with Crippen molar-refractivity contribution in [3.8, 4) is 5.75 Å². The van der Waals surface area contributed by atoms with Crippen LogP contribution in [0.2, 0.25) is 0 Å². The number of hydrogen-bond acceptors (Lipinski definition) is 12. The molecule has 0 radical (unpaired) electrons. The van der Waals surface area contributed by atoms with Gasteiger partial charge < -0.3 is 29.5 Å². The van der Waals surface area contributed by atoms with Gasteiger partial charge in [0.25, 0.3) is 0 Å². The maximum Gasteiger partial charge on any atom is 0.229 e. The van der Waals surface area contributed by atoms with Crippen LogP contribution in [0.25, 0.3) is 11.0 Å². The van der Waals surface area contributed by atoms with E-state index < -0.39 is 0 Å². The molecule has 2 saturated heterocycles. The van der Waals surface area contributed by atoms with Crippen LogP contribution >= 0.6 is 11.9 Å². The summed E-state index contributed by atoms with van der Waals surface area (Å²) in [7, 11) is 5.98. The van der Waals surface area contributed by atoms with Gasteiger partial charge in [0.2, 0.25) is 5.95 Å². The first-order valence-electron chi connectivity index (χ1n) is 16.2. The van der Waals surface area contributed by atoms with Crippen molar-refractivity contribution in [3.63, 3.8) is 0 Å². The summed E-state index contributed by atoms with van der Waals surface area (Å²) in [6.45, 7) is 11.0. The number of anilines is 6. The predicted octanol–water partition coefficient (Wildman–Crippen LogP) is 5.72. The highest BCUT2D eigenvalue weighted by Gasteiger charge is 2.28. The highest BCUT2D eigenvalue weighted by atomic mass is 32.2. The fourth-order valence-corrected chi connectivity index (χ4v) is 6.89. The van der Waals surface area contributed by atoms with Gasteiger partial charge >= 0.3 is 0 Å². The lowest BCUT2D eigenvalue weighted by Crippen LogP contribution is -2.52. The third-order valence-corrected chi connectivity index (χ3v) is 10.0. The van der Waals surface area contributed by atoms with Gasteiger partial charge in [-0.1, -0.05) is 18.9 Å². The van der Waals surface area contributed by atoms with Crippen LogP contribution < -0.4 is 24.6 Å². The Morgan fingerprint density at radius 2 is 1.74 bits per heavy atom. The topological polar surface area (TPSA) is 97.8 Å². The zero-order valence-corrected chi connectivity index (χ0v) is 28.7. The molecule has 2 aromatic heterocycles. The molecule has 12 heteroatoms. The summed E-state index contributed by atoms with van der Waals surface area (Å²) in [5.74, 6) is 1.99. The number of methoxy groups -OCH3 is 1. The molecule has 2 N–H and O–H groups in total. The van der Waals surface area contributed by atoms with Gasteiger partial charge in [0.05, 0.1) is 29.7 Å². The van der Waals surface area contributed by atoms with Gasteiger partial charge in [-0.2, -0.15) is 4.98 Å². The summed E-state index contributed by atoms with van der Waals surface area (Å²) in [6, 6.07) is 9.07. The van der Waals surface area contributed by atoms with Crippen LogP contribution in [0.15, 0.2) is 42.9 Å². The molecule has 2 aromatic carbocycles. The number of aryl methyl sites for hydroxylation is 2. The van der Waals surface area contributed by atoms with E-state index in [2.05, 4.69) is 70.7 Å². The summed E-state index contributed by atoms with van der Waals surface area (Å²) in [6.07, 6.45) is 10.6. The Labute approximate surface area is 276 Å². The van der Waals surface area contributed by atoms with Gasteiger partial charge in [-0.3, -0.25) is 14.9 Å². The van der Waals surface area contributed by atoms with Gasteiger partial charge in [0, 0.05) is 94.5 Å². The van der Waals surface area contributed by atoms with E-state index in [0.717, 1.165) is 58.9 Å². The number of rotatable bonds is 10. The molecule has 0 bridgehead atoms. The minimum absolute atomic E-state index is 0.495.